The summed E-state index contributed by atoms with van der Waals surface area (Å²) in [5.74, 6) is 0.844. The van der Waals surface area contributed by atoms with E-state index in [1.54, 1.807) is 0 Å². The normalized spacial score (nSPS) is 20.8. The van der Waals surface area contributed by atoms with E-state index < -0.39 is 6.10 Å². The van der Waals surface area contributed by atoms with Gasteiger partial charge < -0.3 is 9.84 Å². The third-order valence-corrected chi connectivity index (χ3v) is 4.84. The lowest BCUT2D eigenvalue weighted by Crippen LogP contribution is -2.52. The summed E-state index contributed by atoms with van der Waals surface area (Å²) in [5, 5.41) is 10.4. The number of halogens is 1. The molecule has 1 N–H and O–H groups in total. The van der Waals surface area contributed by atoms with E-state index in [0.717, 1.165) is 5.75 Å². The summed E-state index contributed by atoms with van der Waals surface area (Å²) >= 11 is 0. The Morgan fingerprint density at radius 2 is 1.52 bits per heavy atom. The minimum atomic E-state index is -0.475. The summed E-state index contributed by atoms with van der Waals surface area (Å²) in [5.41, 5.74) is 2.66. The first kappa shape index (κ1) is 20.3. The van der Waals surface area contributed by atoms with Crippen LogP contribution in [0.4, 0.5) is 0 Å². The van der Waals surface area contributed by atoms with Crippen molar-refractivity contribution in [3.05, 3.63) is 29.3 Å². The molecule has 23 heavy (non-hydrogen) atoms. The third kappa shape index (κ3) is 5.10. The van der Waals surface area contributed by atoms with Crippen molar-refractivity contribution in [1.29, 1.82) is 0 Å². The van der Waals surface area contributed by atoms with Gasteiger partial charge >= 0.3 is 0 Å². The molecule has 132 valence electrons. The van der Waals surface area contributed by atoms with Gasteiger partial charge in [-0.3, -0.25) is 4.90 Å². The second kappa shape index (κ2) is 7.42. The monoisotopic (exact) mass is 341 g/mol. The van der Waals surface area contributed by atoms with E-state index >= 15 is 0 Å². The largest absolute Gasteiger partial charge is 0.491 e. The minimum Gasteiger partial charge on any atom is -0.491 e. The molecule has 1 saturated heterocycles. The van der Waals surface area contributed by atoms with Crippen LogP contribution >= 0.6 is 12.4 Å². The van der Waals surface area contributed by atoms with Crippen molar-refractivity contribution in [2.45, 2.75) is 71.6 Å². The first-order chi connectivity index (χ1) is 10.1. The Labute approximate surface area is 147 Å². The average Bonchev–Trinajstić information content (AvgIpc) is 2.58. The second-order valence-corrected chi connectivity index (χ2v) is 8.02. The molecule has 1 unspecified atom stereocenters. The average molecular weight is 342 g/mol. The van der Waals surface area contributed by atoms with Crippen molar-refractivity contribution in [1.82, 2.24) is 4.90 Å². The van der Waals surface area contributed by atoms with E-state index in [2.05, 4.69) is 52.5 Å². The van der Waals surface area contributed by atoms with E-state index in [1.165, 1.54) is 24.0 Å². The van der Waals surface area contributed by atoms with Crippen LogP contribution in [-0.4, -0.2) is 40.3 Å². The van der Waals surface area contributed by atoms with Crippen molar-refractivity contribution in [2.75, 3.05) is 13.2 Å². The van der Waals surface area contributed by atoms with Gasteiger partial charge in [-0.25, -0.2) is 0 Å². The highest BCUT2D eigenvalue weighted by Crippen LogP contribution is 2.40. The van der Waals surface area contributed by atoms with E-state index in [0.29, 0.717) is 13.2 Å². The topological polar surface area (TPSA) is 32.7 Å². The van der Waals surface area contributed by atoms with Crippen LogP contribution in [0, 0.1) is 13.8 Å². The van der Waals surface area contributed by atoms with E-state index in [4.69, 9.17) is 4.74 Å². The number of hydrogen-bond acceptors (Lipinski definition) is 3. The zero-order valence-corrected chi connectivity index (χ0v) is 16.2. The molecule has 1 heterocycles. The lowest BCUT2D eigenvalue weighted by atomic mass is 10.0. The molecule has 1 fully saturated rings. The van der Waals surface area contributed by atoms with Gasteiger partial charge in [0.05, 0.1) is 0 Å². The number of aliphatic hydroxyl groups is 1. The molecule has 4 heteroatoms. The molecule has 0 aliphatic carbocycles. The molecule has 0 aromatic heterocycles. The predicted octanol–water partition coefficient (Wildman–Crippen LogP) is 4.12. The van der Waals surface area contributed by atoms with Gasteiger partial charge in [0.25, 0.3) is 0 Å². The summed E-state index contributed by atoms with van der Waals surface area (Å²) in [6, 6.07) is 6.16. The molecular formula is C19H32ClNO2. The third-order valence-electron chi connectivity index (χ3n) is 4.84. The fourth-order valence-corrected chi connectivity index (χ4v) is 3.67. The van der Waals surface area contributed by atoms with Crippen LogP contribution in [0.1, 0.15) is 51.7 Å². The molecule has 0 amide bonds. The lowest BCUT2D eigenvalue weighted by molar-refractivity contribution is 0.00530. The van der Waals surface area contributed by atoms with Gasteiger partial charge in [0, 0.05) is 17.6 Å². The standard InChI is InChI=1S/C19H31NO2.ClH/c1-14-9-15(2)11-17(10-14)22-13-16(21)12-20-18(3,4)7-8-19(20,5)6;/h9-11,16,21H,7-8,12-13H2,1-6H3;1H. The zero-order chi connectivity index (χ0) is 16.5. The number of aryl methyl sites for hydroxylation is 2. The summed E-state index contributed by atoms with van der Waals surface area (Å²) in [4.78, 5) is 2.43. The van der Waals surface area contributed by atoms with Gasteiger partial charge in [0.15, 0.2) is 0 Å². The second-order valence-electron chi connectivity index (χ2n) is 8.02. The maximum Gasteiger partial charge on any atom is 0.119 e. The molecule has 0 bridgehead atoms. The van der Waals surface area contributed by atoms with Crippen molar-refractivity contribution < 1.29 is 9.84 Å². The number of β-amino-alcohol motifs (C(OH)–C–C–N with tert-alkyl or cyclic N) is 1. The highest BCUT2D eigenvalue weighted by Gasteiger charge is 2.44. The quantitative estimate of drug-likeness (QED) is 0.874. The maximum absolute atomic E-state index is 10.4. The molecule has 1 aromatic carbocycles. The van der Waals surface area contributed by atoms with Crippen molar-refractivity contribution in [3.8, 4) is 5.75 Å². The van der Waals surface area contributed by atoms with Crippen molar-refractivity contribution in [2.24, 2.45) is 0 Å². The van der Waals surface area contributed by atoms with Crippen LogP contribution in [-0.2, 0) is 0 Å². The molecule has 0 spiro atoms. The predicted molar refractivity (Wildman–Crippen MR) is 98.8 cm³/mol. The van der Waals surface area contributed by atoms with Crippen LogP contribution in [0.5, 0.6) is 5.75 Å². The van der Waals surface area contributed by atoms with E-state index in [1.807, 2.05) is 12.1 Å². The Kier molecular flexibility index (Phi) is 6.54. The molecule has 1 aliphatic heterocycles. The molecule has 3 nitrogen and oxygen atoms in total. The number of aliphatic hydroxyl groups excluding tert-OH is 1. The Balaban J connectivity index is 0.00000264. The van der Waals surface area contributed by atoms with Crippen LogP contribution in [0.15, 0.2) is 18.2 Å². The molecule has 1 aliphatic rings. The van der Waals surface area contributed by atoms with E-state index in [9.17, 15) is 5.11 Å². The summed E-state index contributed by atoms with van der Waals surface area (Å²) in [6.45, 7) is 14.2. The molecule has 0 radical (unpaired) electrons. The number of benzene rings is 1. The Bertz CT molecular complexity index is 492. The number of hydrogen-bond donors (Lipinski definition) is 1. The maximum atomic E-state index is 10.4. The Morgan fingerprint density at radius 3 is 2.00 bits per heavy atom. The molecule has 0 saturated carbocycles. The van der Waals surface area contributed by atoms with Gasteiger partial charge in [-0.05, 0) is 77.6 Å². The number of likely N-dealkylation sites (tertiary alicyclic amines) is 1. The van der Waals surface area contributed by atoms with Crippen molar-refractivity contribution >= 4 is 12.4 Å². The van der Waals surface area contributed by atoms with Gasteiger partial charge in [-0.15, -0.1) is 12.4 Å². The number of nitrogens with zero attached hydrogens (tertiary/aromatic N) is 1. The molecule has 1 aromatic rings. The smallest absolute Gasteiger partial charge is 0.119 e. The highest BCUT2D eigenvalue weighted by atomic mass is 35.5. The van der Waals surface area contributed by atoms with Crippen LogP contribution in [0.25, 0.3) is 0 Å². The van der Waals surface area contributed by atoms with Gasteiger partial charge in [0.2, 0.25) is 0 Å². The fourth-order valence-electron chi connectivity index (χ4n) is 3.67. The van der Waals surface area contributed by atoms with Gasteiger partial charge in [0.1, 0.15) is 18.5 Å². The molecule has 2 rings (SSSR count). The van der Waals surface area contributed by atoms with E-state index in [-0.39, 0.29) is 23.5 Å². The minimum absolute atomic E-state index is 0. The Hall–Kier alpha value is -0.770. The summed E-state index contributed by atoms with van der Waals surface area (Å²) < 4.78 is 5.80. The van der Waals surface area contributed by atoms with Crippen LogP contribution < -0.4 is 4.74 Å². The number of rotatable bonds is 5. The molecular weight excluding hydrogens is 310 g/mol. The highest BCUT2D eigenvalue weighted by molar-refractivity contribution is 5.85. The van der Waals surface area contributed by atoms with Crippen LogP contribution in [0.2, 0.25) is 0 Å². The van der Waals surface area contributed by atoms with Gasteiger partial charge in [-0.2, -0.15) is 0 Å². The zero-order valence-electron chi connectivity index (χ0n) is 15.3. The summed E-state index contributed by atoms with van der Waals surface area (Å²) in [6.07, 6.45) is 1.87. The Morgan fingerprint density at radius 1 is 1.04 bits per heavy atom. The molecule has 1 atom stereocenters. The van der Waals surface area contributed by atoms with Gasteiger partial charge in [-0.1, -0.05) is 6.07 Å². The fraction of sp³-hybridized carbons (Fsp3) is 0.684. The SMILES string of the molecule is Cc1cc(C)cc(OCC(O)CN2C(C)(C)CCC2(C)C)c1.Cl. The van der Waals surface area contributed by atoms with Crippen LogP contribution in [0.3, 0.4) is 0 Å². The number of ether oxygens (including phenoxy) is 1. The first-order valence-corrected chi connectivity index (χ1v) is 8.27. The lowest BCUT2D eigenvalue weighted by Gasteiger charge is -2.41. The van der Waals surface area contributed by atoms with Crippen molar-refractivity contribution in [3.63, 3.8) is 0 Å². The summed E-state index contributed by atoms with van der Waals surface area (Å²) in [7, 11) is 0. The first-order valence-electron chi connectivity index (χ1n) is 8.27.